The molecule has 0 saturated carbocycles. The van der Waals surface area contributed by atoms with Crippen molar-refractivity contribution in [3.05, 3.63) is 56.2 Å². The molecule has 1 aromatic carbocycles. The second kappa shape index (κ2) is 6.83. The number of anilines is 1. The first-order valence-corrected chi connectivity index (χ1v) is 9.26. The molecule has 23 heavy (non-hydrogen) atoms. The minimum Gasteiger partial charge on any atom is -0.324 e. The van der Waals surface area contributed by atoms with Crippen LogP contribution in [0.2, 0.25) is 5.02 Å². The lowest BCUT2D eigenvalue weighted by Crippen LogP contribution is -2.15. The predicted molar refractivity (Wildman–Crippen MR) is 98.7 cm³/mol. The van der Waals surface area contributed by atoms with Gasteiger partial charge >= 0.3 is 0 Å². The second-order valence-electron chi connectivity index (χ2n) is 5.32. The maximum atomic E-state index is 12.3. The first-order chi connectivity index (χ1) is 11.0. The van der Waals surface area contributed by atoms with Crippen LogP contribution < -0.4 is 5.32 Å². The highest BCUT2D eigenvalue weighted by atomic mass is 35.5. The Bertz CT molecular complexity index is 817. The predicted octanol–water partition coefficient (Wildman–Crippen LogP) is 5.32. The second-order valence-corrected chi connectivity index (χ2v) is 7.36. The first-order valence-electron chi connectivity index (χ1n) is 7.06. The third-order valence-electron chi connectivity index (χ3n) is 3.36. The normalized spacial score (nSPS) is 10.7. The Labute approximate surface area is 148 Å². The van der Waals surface area contributed by atoms with E-state index in [-0.39, 0.29) is 12.3 Å². The Morgan fingerprint density at radius 2 is 2.13 bits per heavy atom. The summed E-state index contributed by atoms with van der Waals surface area (Å²) in [5.41, 5.74) is 4.58. The third-order valence-corrected chi connectivity index (χ3v) is 5.28. The van der Waals surface area contributed by atoms with E-state index in [1.165, 1.54) is 0 Å². The van der Waals surface area contributed by atoms with Gasteiger partial charge in [0, 0.05) is 16.3 Å². The van der Waals surface area contributed by atoms with E-state index in [0.717, 1.165) is 27.4 Å². The summed E-state index contributed by atoms with van der Waals surface area (Å²) in [5.74, 6) is -0.110. The number of rotatable bonds is 4. The lowest BCUT2D eigenvalue weighted by Gasteiger charge is -2.11. The molecule has 2 aromatic heterocycles. The van der Waals surface area contributed by atoms with E-state index in [0.29, 0.717) is 10.7 Å². The number of hydrogen-bond donors (Lipinski definition) is 1. The van der Waals surface area contributed by atoms with Gasteiger partial charge in [-0.3, -0.25) is 4.79 Å². The quantitative estimate of drug-likeness (QED) is 0.682. The molecule has 0 bridgehead atoms. The van der Waals surface area contributed by atoms with E-state index in [9.17, 15) is 4.79 Å². The minimum atomic E-state index is -0.110. The Morgan fingerprint density at radius 1 is 1.30 bits per heavy atom. The molecule has 3 aromatic rings. The van der Waals surface area contributed by atoms with Crippen LogP contribution in [0.5, 0.6) is 0 Å². The van der Waals surface area contributed by atoms with E-state index in [2.05, 4.69) is 15.7 Å². The molecule has 0 saturated heterocycles. The number of nitrogens with zero attached hydrogens (tertiary/aromatic N) is 1. The fourth-order valence-electron chi connectivity index (χ4n) is 2.33. The largest absolute Gasteiger partial charge is 0.324 e. The van der Waals surface area contributed by atoms with Crippen molar-refractivity contribution < 1.29 is 4.79 Å². The number of aromatic nitrogens is 1. The molecule has 3 nitrogen and oxygen atoms in total. The van der Waals surface area contributed by atoms with Crippen molar-refractivity contribution in [2.45, 2.75) is 20.3 Å². The molecular formula is C17H15ClN2OS2. The Morgan fingerprint density at radius 3 is 2.83 bits per heavy atom. The lowest BCUT2D eigenvalue weighted by atomic mass is 10.1. The smallest absolute Gasteiger partial charge is 0.230 e. The monoisotopic (exact) mass is 362 g/mol. The van der Waals surface area contributed by atoms with Crippen molar-refractivity contribution >= 4 is 45.9 Å². The number of carbonyl (C=O) groups is 1. The van der Waals surface area contributed by atoms with E-state index < -0.39 is 0 Å². The van der Waals surface area contributed by atoms with Gasteiger partial charge in [0.25, 0.3) is 0 Å². The van der Waals surface area contributed by atoms with Gasteiger partial charge < -0.3 is 5.32 Å². The summed E-state index contributed by atoms with van der Waals surface area (Å²) in [5, 5.41) is 10.4. The summed E-state index contributed by atoms with van der Waals surface area (Å²) in [6.07, 6.45) is 0.240. The highest BCUT2D eigenvalue weighted by Crippen LogP contribution is 2.28. The van der Waals surface area contributed by atoms with E-state index in [4.69, 9.17) is 11.6 Å². The van der Waals surface area contributed by atoms with Crippen LogP contribution in [-0.2, 0) is 11.2 Å². The van der Waals surface area contributed by atoms with Gasteiger partial charge in [-0.1, -0.05) is 17.7 Å². The number of nitrogens with one attached hydrogen (secondary N) is 1. The fraction of sp³-hybridized carbons (Fsp3) is 0.176. The van der Waals surface area contributed by atoms with Crippen molar-refractivity contribution in [3.8, 4) is 10.6 Å². The number of amides is 1. The summed E-state index contributed by atoms with van der Waals surface area (Å²) in [6, 6.07) is 5.88. The highest BCUT2D eigenvalue weighted by Gasteiger charge is 2.12. The van der Waals surface area contributed by atoms with Gasteiger partial charge in [0.15, 0.2) is 0 Å². The molecule has 0 aliphatic rings. The molecule has 0 aliphatic heterocycles. The molecule has 0 fully saturated rings. The molecule has 6 heteroatoms. The van der Waals surface area contributed by atoms with Crippen LogP contribution in [0.3, 0.4) is 0 Å². The maximum absolute atomic E-state index is 12.3. The van der Waals surface area contributed by atoms with Gasteiger partial charge in [0.05, 0.1) is 22.8 Å². The van der Waals surface area contributed by atoms with Gasteiger partial charge in [0.1, 0.15) is 5.01 Å². The van der Waals surface area contributed by atoms with Gasteiger partial charge in [-0.25, -0.2) is 4.98 Å². The zero-order valence-corrected chi connectivity index (χ0v) is 15.1. The van der Waals surface area contributed by atoms with Crippen LogP contribution in [0.1, 0.15) is 16.8 Å². The number of benzene rings is 1. The molecule has 0 unspecified atom stereocenters. The lowest BCUT2D eigenvalue weighted by molar-refractivity contribution is -0.115. The molecule has 1 amide bonds. The first kappa shape index (κ1) is 16.2. The van der Waals surface area contributed by atoms with Crippen molar-refractivity contribution in [3.63, 3.8) is 0 Å². The van der Waals surface area contributed by atoms with Crippen LogP contribution in [0.15, 0.2) is 34.3 Å². The van der Waals surface area contributed by atoms with Crippen LogP contribution in [0.25, 0.3) is 10.6 Å². The standard InChI is InChI=1S/C17H15ClN2OS2/c1-10-5-11(2)16(14(18)6-10)20-15(21)7-13-9-23-17(19-13)12-3-4-22-8-12/h3-6,8-9H,7H2,1-2H3,(H,20,21). The number of aryl methyl sites for hydroxylation is 2. The number of carbonyl (C=O) groups excluding carboxylic acids is 1. The molecule has 1 N–H and O–H groups in total. The molecule has 0 spiro atoms. The number of thiophene rings is 1. The Kier molecular flexibility index (Phi) is 4.80. The SMILES string of the molecule is Cc1cc(C)c(NC(=O)Cc2csc(-c3ccsc3)n2)c(Cl)c1. The van der Waals surface area contributed by atoms with Crippen molar-refractivity contribution in [1.29, 1.82) is 0 Å². The summed E-state index contributed by atoms with van der Waals surface area (Å²) >= 11 is 9.42. The molecule has 118 valence electrons. The molecule has 0 radical (unpaired) electrons. The topological polar surface area (TPSA) is 42.0 Å². The maximum Gasteiger partial charge on any atom is 0.230 e. The Hall–Kier alpha value is -1.69. The van der Waals surface area contributed by atoms with Gasteiger partial charge in [-0.2, -0.15) is 11.3 Å². The molecular weight excluding hydrogens is 348 g/mol. The molecule has 3 rings (SSSR count). The van der Waals surface area contributed by atoms with Gasteiger partial charge in [0.2, 0.25) is 5.91 Å². The Balaban J connectivity index is 1.71. The molecule has 2 heterocycles. The van der Waals surface area contributed by atoms with E-state index >= 15 is 0 Å². The fourth-order valence-corrected chi connectivity index (χ4v) is 4.23. The summed E-state index contributed by atoms with van der Waals surface area (Å²) in [6.45, 7) is 3.91. The minimum absolute atomic E-state index is 0.110. The average molecular weight is 363 g/mol. The van der Waals surface area contributed by atoms with Crippen LogP contribution >= 0.6 is 34.3 Å². The van der Waals surface area contributed by atoms with Crippen molar-refractivity contribution in [2.24, 2.45) is 0 Å². The van der Waals surface area contributed by atoms with Crippen molar-refractivity contribution in [1.82, 2.24) is 4.98 Å². The zero-order chi connectivity index (χ0) is 16.4. The van der Waals surface area contributed by atoms with E-state index in [1.54, 1.807) is 22.7 Å². The zero-order valence-electron chi connectivity index (χ0n) is 12.7. The summed E-state index contributed by atoms with van der Waals surface area (Å²) in [7, 11) is 0. The molecule has 0 aliphatic carbocycles. The van der Waals surface area contributed by atoms with Crippen molar-refractivity contribution in [2.75, 3.05) is 5.32 Å². The van der Waals surface area contributed by atoms with Crippen LogP contribution in [0.4, 0.5) is 5.69 Å². The third kappa shape index (κ3) is 3.80. The van der Waals surface area contributed by atoms with Crippen LogP contribution in [0, 0.1) is 13.8 Å². The number of halogens is 1. The number of hydrogen-bond acceptors (Lipinski definition) is 4. The van der Waals surface area contributed by atoms with Crippen LogP contribution in [-0.4, -0.2) is 10.9 Å². The van der Waals surface area contributed by atoms with Gasteiger partial charge in [-0.05, 0) is 42.5 Å². The van der Waals surface area contributed by atoms with E-state index in [1.807, 2.05) is 42.8 Å². The van der Waals surface area contributed by atoms with Gasteiger partial charge in [-0.15, -0.1) is 11.3 Å². The summed E-state index contributed by atoms with van der Waals surface area (Å²) in [4.78, 5) is 16.8. The average Bonchev–Trinajstić information content (AvgIpc) is 3.13. The number of thiazole rings is 1. The summed E-state index contributed by atoms with van der Waals surface area (Å²) < 4.78 is 0. The molecule has 0 atom stereocenters. The highest BCUT2D eigenvalue weighted by molar-refractivity contribution is 7.14.